The lowest BCUT2D eigenvalue weighted by atomic mass is 9.91. The van der Waals surface area contributed by atoms with E-state index >= 15 is 0 Å². The maximum absolute atomic E-state index is 11.0. The third-order valence-electron chi connectivity index (χ3n) is 2.82. The third kappa shape index (κ3) is 1.55. The minimum Gasteiger partial charge on any atom is -0.476 e. The summed E-state index contributed by atoms with van der Waals surface area (Å²) in [6.07, 6.45) is 2.42. The molecule has 1 aliphatic rings. The summed E-state index contributed by atoms with van der Waals surface area (Å²) in [5.41, 5.74) is 7.30. The van der Waals surface area contributed by atoms with Crippen LogP contribution in [0, 0.1) is 11.3 Å². The van der Waals surface area contributed by atoms with Gasteiger partial charge in [0.15, 0.2) is 5.69 Å². The lowest BCUT2D eigenvalue weighted by Crippen LogP contribution is -2.20. The molecule has 1 atom stereocenters. The van der Waals surface area contributed by atoms with Gasteiger partial charge in [-0.2, -0.15) is 10.4 Å². The zero-order chi connectivity index (χ0) is 11.7. The second-order valence-corrected chi connectivity index (χ2v) is 3.83. The van der Waals surface area contributed by atoms with Crippen molar-refractivity contribution in [3.8, 4) is 6.07 Å². The van der Waals surface area contributed by atoms with E-state index in [1.165, 1.54) is 4.68 Å². The molecule has 1 aromatic heterocycles. The number of aromatic carboxylic acids is 1. The number of carboxylic acids is 1. The van der Waals surface area contributed by atoms with Gasteiger partial charge in [-0.1, -0.05) is 0 Å². The zero-order valence-corrected chi connectivity index (χ0v) is 8.68. The molecule has 1 heterocycles. The summed E-state index contributed by atoms with van der Waals surface area (Å²) >= 11 is 0. The predicted molar refractivity (Wildman–Crippen MR) is 54.7 cm³/mol. The van der Waals surface area contributed by atoms with Crippen molar-refractivity contribution < 1.29 is 9.90 Å². The Balaban J connectivity index is 2.56. The van der Waals surface area contributed by atoms with Crippen LogP contribution in [-0.2, 0) is 13.0 Å². The summed E-state index contributed by atoms with van der Waals surface area (Å²) in [7, 11) is 0. The highest BCUT2D eigenvalue weighted by molar-refractivity contribution is 5.87. The van der Waals surface area contributed by atoms with Crippen LogP contribution in [0.25, 0.3) is 0 Å². The molecule has 84 valence electrons. The second kappa shape index (κ2) is 3.94. The van der Waals surface area contributed by atoms with E-state index in [2.05, 4.69) is 5.10 Å². The van der Waals surface area contributed by atoms with Crippen LogP contribution in [0.15, 0.2) is 0 Å². The van der Waals surface area contributed by atoms with Crippen LogP contribution in [0.5, 0.6) is 0 Å². The van der Waals surface area contributed by atoms with E-state index in [0.29, 0.717) is 5.56 Å². The quantitative estimate of drug-likeness (QED) is 0.752. The van der Waals surface area contributed by atoms with Gasteiger partial charge < -0.3 is 10.8 Å². The highest BCUT2D eigenvalue weighted by Gasteiger charge is 2.29. The number of carboxylic acid groups (broad SMARTS) is 1. The van der Waals surface area contributed by atoms with Crippen LogP contribution in [0.2, 0.25) is 0 Å². The maximum atomic E-state index is 11.0. The highest BCUT2D eigenvalue weighted by atomic mass is 16.4. The Morgan fingerprint density at radius 1 is 1.75 bits per heavy atom. The Morgan fingerprint density at radius 3 is 3.12 bits per heavy atom. The van der Waals surface area contributed by atoms with E-state index in [1.54, 1.807) is 0 Å². The van der Waals surface area contributed by atoms with Crippen molar-refractivity contribution in [2.24, 2.45) is 5.73 Å². The van der Waals surface area contributed by atoms with Gasteiger partial charge in [0, 0.05) is 17.3 Å². The second-order valence-electron chi connectivity index (χ2n) is 3.83. The van der Waals surface area contributed by atoms with Crippen molar-refractivity contribution in [2.45, 2.75) is 31.8 Å². The Bertz CT molecular complexity index is 472. The first kappa shape index (κ1) is 10.6. The van der Waals surface area contributed by atoms with Crippen LogP contribution in [0.4, 0.5) is 0 Å². The fourth-order valence-corrected chi connectivity index (χ4v) is 2.15. The Labute approximate surface area is 92.3 Å². The molecule has 0 bridgehead atoms. The van der Waals surface area contributed by atoms with Gasteiger partial charge in [0.05, 0.1) is 6.07 Å². The summed E-state index contributed by atoms with van der Waals surface area (Å²) in [5.74, 6) is -1.08. The maximum Gasteiger partial charge on any atom is 0.356 e. The van der Waals surface area contributed by atoms with Crippen molar-refractivity contribution >= 4 is 5.97 Å². The molecule has 0 fully saturated rings. The molecular weight excluding hydrogens is 208 g/mol. The molecule has 2 rings (SSSR count). The van der Waals surface area contributed by atoms with Crippen LogP contribution >= 0.6 is 0 Å². The summed E-state index contributed by atoms with van der Waals surface area (Å²) in [5, 5.41) is 21.6. The number of rotatable bonds is 2. The highest BCUT2D eigenvalue weighted by Crippen LogP contribution is 2.30. The van der Waals surface area contributed by atoms with Gasteiger partial charge in [0.25, 0.3) is 0 Å². The monoisotopic (exact) mass is 220 g/mol. The standard InChI is InChI=1S/C10H12N4O2/c11-4-5-14-7-3-1-2-6(12)8(7)9(13-14)10(15)16/h6H,1-3,5,12H2,(H,15,16). The van der Waals surface area contributed by atoms with E-state index in [-0.39, 0.29) is 18.3 Å². The van der Waals surface area contributed by atoms with Gasteiger partial charge in [0.1, 0.15) is 6.54 Å². The minimum absolute atomic E-state index is 0.00236. The molecule has 6 heteroatoms. The summed E-state index contributed by atoms with van der Waals surface area (Å²) < 4.78 is 1.46. The molecule has 0 radical (unpaired) electrons. The van der Waals surface area contributed by atoms with Crippen LogP contribution in [0.3, 0.4) is 0 Å². The van der Waals surface area contributed by atoms with Crippen LogP contribution in [0.1, 0.15) is 40.6 Å². The van der Waals surface area contributed by atoms with E-state index < -0.39 is 5.97 Å². The number of nitrogens with two attached hydrogens (primary N) is 1. The van der Waals surface area contributed by atoms with Gasteiger partial charge in [-0.15, -0.1) is 0 Å². The number of hydrogen-bond acceptors (Lipinski definition) is 4. The molecule has 0 amide bonds. The summed E-state index contributed by atoms with van der Waals surface area (Å²) in [4.78, 5) is 11.0. The van der Waals surface area contributed by atoms with Crippen molar-refractivity contribution in [3.63, 3.8) is 0 Å². The molecule has 1 unspecified atom stereocenters. The smallest absolute Gasteiger partial charge is 0.356 e. The number of hydrogen-bond donors (Lipinski definition) is 2. The lowest BCUT2D eigenvalue weighted by Gasteiger charge is -2.19. The predicted octanol–water partition coefficient (Wildman–Crippen LogP) is 0.441. The average Bonchev–Trinajstić information content (AvgIpc) is 2.60. The van der Waals surface area contributed by atoms with Crippen LogP contribution < -0.4 is 5.73 Å². The summed E-state index contributed by atoms with van der Waals surface area (Å²) in [6, 6.07) is 1.69. The van der Waals surface area contributed by atoms with Gasteiger partial charge in [-0.05, 0) is 19.3 Å². The first-order chi connectivity index (χ1) is 7.65. The third-order valence-corrected chi connectivity index (χ3v) is 2.82. The molecule has 0 saturated heterocycles. The van der Waals surface area contributed by atoms with E-state index in [9.17, 15) is 4.79 Å². The number of fused-ring (bicyclic) bond motifs is 1. The molecule has 0 aromatic carbocycles. The Hall–Kier alpha value is -1.87. The molecule has 0 spiro atoms. The Morgan fingerprint density at radius 2 is 2.50 bits per heavy atom. The van der Waals surface area contributed by atoms with Crippen molar-refractivity contribution in [1.29, 1.82) is 5.26 Å². The molecule has 0 saturated carbocycles. The molecule has 6 nitrogen and oxygen atoms in total. The first-order valence-corrected chi connectivity index (χ1v) is 5.10. The fourth-order valence-electron chi connectivity index (χ4n) is 2.15. The number of aromatic nitrogens is 2. The molecule has 3 N–H and O–H groups in total. The van der Waals surface area contributed by atoms with Gasteiger partial charge in [-0.25, -0.2) is 4.79 Å². The van der Waals surface area contributed by atoms with Gasteiger partial charge in [0.2, 0.25) is 0 Å². The molecular formula is C10H12N4O2. The average molecular weight is 220 g/mol. The van der Waals surface area contributed by atoms with Crippen molar-refractivity contribution in [3.05, 3.63) is 17.0 Å². The molecule has 1 aliphatic carbocycles. The number of carbonyl (C=O) groups is 1. The van der Waals surface area contributed by atoms with Gasteiger partial charge in [-0.3, -0.25) is 4.68 Å². The topological polar surface area (TPSA) is 105 Å². The molecule has 16 heavy (non-hydrogen) atoms. The first-order valence-electron chi connectivity index (χ1n) is 5.10. The molecule has 0 aliphatic heterocycles. The van der Waals surface area contributed by atoms with Gasteiger partial charge >= 0.3 is 5.97 Å². The largest absolute Gasteiger partial charge is 0.476 e. The van der Waals surface area contributed by atoms with E-state index in [0.717, 1.165) is 25.0 Å². The van der Waals surface area contributed by atoms with Crippen LogP contribution in [-0.4, -0.2) is 20.9 Å². The van der Waals surface area contributed by atoms with E-state index in [4.69, 9.17) is 16.1 Å². The molecule has 1 aromatic rings. The van der Waals surface area contributed by atoms with Crippen molar-refractivity contribution in [2.75, 3.05) is 0 Å². The minimum atomic E-state index is -1.08. The van der Waals surface area contributed by atoms with E-state index in [1.807, 2.05) is 6.07 Å². The normalized spacial score (nSPS) is 18.9. The fraction of sp³-hybridized carbons (Fsp3) is 0.500. The van der Waals surface area contributed by atoms with Crippen molar-refractivity contribution in [1.82, 2.24) is 9.78 Å². The zero-order valence-electron chi connectivity index (χ0n) is 8.68. The number of nitrogens with zero attached hydrogens (tertiary/aromatic N) is 3. The SMILES string of the molecule is N#CCn1nc(C(=O)O)c2c1CCCC2N. The lowest BCUT2D eigenvalue weighted by molar-refractivity contribution is 0.0687. The number of nitriles is 1. The Kier molecular flexibility index (Phi) is 2.62. The summed E-state index contributed by atoms with van der Waals surface area (Å²) in [6.45, 7) is 0.0718.